The molecule has 5 aromatic carbocycles. The minimum Gasteiger partial charge on any atom is -0.360 e. The van der Waals surface area contributed by atoms with Gasteiger partial charge in [-0.25, -0.2) is 0 Å². The Morgan fingerprint density at radius 3 is 1.89 bits per heavy atom. The van der Waals surface area contributed by atoms with Crippen molar-refractivity contribution in [3.05, 3.63) is 147 Å². The molecule has 1 aliphatic rings. The summed E-state index contributed by atoms with van der Waals surface area (Å²) < 4.78 is 2.68. The highest BCUT2D eigenvalue weighted by atomic mass is 32.1. The molecule has 54 heavy (non-hydrogen) atoms. The largest absolute Gasteiger partial charge is 0.360 e. The normalized spacial score (nSPS) is 15.4. The van der Waals surface area contributed by atoms with Crippen molar-refractivity contribution in [3.8, 4) is 23.5 Å². The van der Waals surface area contributed by atoms with Gasteiger partial charge in [0, 0.05) is 32.4 Å². The van der Waals surface area contributed by atoms with E-state index in [4.69, 9.17) is 6.42 Å². The van der Waals surface area contributed by atoms with Crippen LogP contribution in [-0.4, -0.2) is 91.0 Å². The van der Waals surface area contributed by atoms with Gasteiger partial charge >= 0.3 is 0 Å². The van der Waals surface area contributed by atoms with Crippen LogP contribution in [0.5, 0.6) is 0 Å². The Balaban J connectivity index is 1.43. The summed E-state index contributed by atoms with van der Waals surface area (Å²) in [5.74, 6) is 2.97. The van der Waals surface area contributed by atoms with Gasteiger partial charge in [0.1, 0.15) is 70.6 Å². The molecule has 0 N–H and O–H groups in total. The Morgan fingerprint density at radius 1 is 0.648 bits per heavy atom. The van der Waals surface area contributed by atoms with Gasteiger partial charge in [-0.15, -0.1) is 17.8 Å². The zero-order valence-electron chi connectivity index (χ0n) is 33.5. The molecule has 1 aliphatic carbocycles. The minimum absolute atomic E-state index is 0.109. The highest BCUT2D eigenvalue weighted by Crippen LogP contribution is 2.40. The molecule has 0 spiro atoms. The van der Waals surface area contributed by atoms with Crippen LogP contribution in [0.25, 0.3) is 42.4 Å². The molecule has 0 fully saturated rings. The van der Waals surface area contributed by atoms with Crippen molar-refractivity contribution < 1.29 is 0 Å². The van der Waals surface area contributed by atoms with Gasteiger partial charge in [0.05, 0.1) is 6.04 Å². The molecule has 1 unspecified atom stereocenters. The minimum atomic E-state index is 0.109. The van der Waals surface area contributed by atoms with Crippen LogP contribution in [0.3, 0.4) is 0 Å². The van der Waals surface area contributed by atoms with Crippen LogP contribution in [0, 0.1) is 12.3 Å². The van der Waals surface area contributed by atoms with Gasteiger partial charge in [-0.05, 0) is 51.0 Å². The first kappa shape index (κ1) is 37.6. The average molecular weight is 700 g/mol. The lowest BCUT2D eigenvalue weighted by Gasteiger charge is -2.39. The van der Waals surface area contributed by atoms with Gasteiger partial charge in [0.15, 0.2) is 7.85 Å². The number of hydrogen-bond acceptors (Lipinski definition) is 2. The van der Waals surface area contributed by atoms with Crippen LogP contribution in [-0.2, 0) is 0 Å². The van der Waals surface area contributed by atoms with E-state index in [1.54, 1.807) is 0 Å². The van der Waals surface area contributed by atoms with E-state index in [9.17, 15) is 0 Å². The van der Waals surface area contributed by atoms with Gasteiger partial charge < -0.3 is 4.90 Å². The lowest BCUT2D eigenvalue weighted by molar-refractivity contribution is 0.829. The van der Waals surface area contributed by atoms with Crippen LogP contribution in [0.15, 0.2) is 136 Å². The van der Waals surface area contributed by atoms with Crippen molar-refractivity contribution in [1.29, 1.82) is 0 Å². The van der Waals surface area contributed by atoms with Crippen LogP contribution >= 0.6 is 11.3 Å². The molecule has 0 bridgehead atoms. The van der Waals surface area contributed by atoms with E-state index in [-0.39, 0.29) is 6.04 Å². The lowest BCUT2D eigenvalue weighted by atomic mass is 9.64. The number of nitrogens with zero attached hydrogens (tertiary/aromatic N) is 1. The van der Waals surface area contributed by atoms with E-state index in [1.165, 1.54) is 97.3 Å². The molecule has 1 aromatic heterocycles. The van der Waals surface area contributed by atoms with Crippen LogP contribution < -0.4 is 26.8 Å². The second-order valence-corrected chi connectivity index (χ2v) is 16.3. The lowest BCUT2D eigenvalue weighted by Crippen LogP contribution is -2.52. The molecule has 6 aromatic rings. The molecular formula is C42H41B10NS. The maximum absolute atomic E-state index is 6.10. The molecule has 1 atom stereocenters. The highest BCUT2D eigenvalue weighted by molar-refractivity contribution is 7.25. The number of fused-ring (bicyclic) bond motifs is 3. The first-order valence-electron chi connectivity index (χ1n) is 19.1. The number of hydrogen-bond donors (Lipinski definition) is 0. The zero-order chi connectivity index (χ0) is 38.4. The maximum atomic E-state index is 6.10. The molecule has 1 heterocycles. The Hall–Kier alpha value is -4.71. The van der Waals surface area contributed by atoms with E-state index in [0.29, 0.717) is 0 Å². The molecule has 0 aliphatic heterocycles. The first-order chi connectivity index (χ1) is 25.9. The third kappa shape index (κ3) is 6.46. The van der Waals surface area contributed by atoms with E-state index in [2.05, 4.69) is 192 Å². The van der Waals surface area contributed by atoms with Gasteiger partial charge in [0.2, 0.25) is 0 Å². The van der Waals surface area contributed by atoms with Crippen molar-refractivity contribution in [1.82, 2.24) is 0 Å². The summed E-state index contributed by atoms with van der Waals surface area (Å²) in [6.07, 6.45) is 6.10. The van der Waals surface area contributed by atoms with Crippen molar-refractivity contribution in [2.24, 2.45) is 0 Å². The SMILES string of the molecule is BC1=C(B)C(N(C/C(B)=C(B)\C(=C(\B)C#C)c2ccccc2)c2c(B)c(B)c(-c3ccc4c(c3)sc3ccccc34)c(B)c2B)C(B)=C1c1ccccc1. The summed E-state index contributed by atoms with van der Waals surface area (Å²) in [6.45, 7) is 0.766. The molecule has 7 rings (SSSR count). The number of thiophene rings is 1. The smallest absolute Gasteiger partial charge is 0.151 e. The molecule has 0 saturated heterocycles. The topological polar surface area (TPSA) is 3.24 Å². The van der Waals surface area contributed by atoms with Gasteiger partial charge in [-0.3, -0.25) is 0 Å². The molecule has 0 saturated carbocycles. The van der Waals surface area contributed by atoms with E-state index in [1.807, 2.05) is 11.3 Å². The standard InChI is InChI=1S/C42H41B10NS/c1-2-26(43)30(21-11-5-3-6-12-21)33(45)27(44)20-53(41-37(49)31(34(46)38(41)50)22-13-7-4-8-14-22)42-39(51)35(47)32(36(48)40(42)52)23-17-18-25-24-15-9-10-16-28(24)54-29(25)19-23/h1,3-19,41H,20,43-52H2/b30-26+,33-27-. The van der Waals surface area contributed by atoms with Crippen LogP contribution in [0.4, 0.5) is 5.69 Å². The molecule has 0 amide bonds. The van der Waals surface area contributed by atoms with Crippen LogP contribution in [0.2, 0.25) is 0 Å². The summed E-state index contributed by atoms with van der Waals surface area (Å²) in [6, 6.07) is 37.5. The Morgan fingerprint density at radius 2 is 1.24 bits per heavy atom. The van der Waals surface area contributed by atoms with Crippen molar-refractivity contribution >= 4 is 149 Å². The Kier molecular flexibility index (Phi) is 10.6. The molecule has 0 radical (unpaired) electrons. The highest BCUT2D eigenvalue weighted by Gasteiger charge is 2.34. The summed E-state index contributed by atoms with van der Waals surface area (Å²) in [4.78, 5) is 2.71. The van der Waals surface area contributed by atoms with Crippen LogP contribution in [0.1, 0.15) is 11.1 Å². The summed E-state index contributed by atoms with van der Waals surface area (Å²) >= 11 is 1.89. The summed E-state index contributed by atoms with van der Waals surface area (Å²) in [7, 11) is 23.0. The predicted octanol–water partition coefficient (Wildman–Crippen LogP) is -2.38. The summed E-state index contributed by atoms with van der Waals surface area (Å²) in [5, 5.41) is 2.67. The van der Waals surface area contributed by atoms with E-state index >= 15 is 0 Å². The third-order valence-electron chi connectivity index (χ3n) is 12.2. The quantitative estimate of drug-likeness (QED) is 0.0977. The fourth-order valence-electron chi connectivity index (χ4n) is 8.99. The molecule has 12 heteroatoms. The number of terminal acetylenes is 1. The molecule has 250 valence electrons. The van der Waals surface area contributed by atoms with Gasteiger partial charge in [0.25, 0.3) is 0 Å². The second kappa shape index (κ2) is 15.2. The maximum Gasteiger partial charge on any atom is 0.151 e. The van der Waals surface area contributed by atoms with E-state index in [0.717, 1.165) is 23.2 Å². The number of allylic oxidation sites excluding steroid dienone is 5. The predicted molar refractivity (Wildman–Crippen MR) is 269 cm³/mol. The fraction of sp³-hybridized carbons (Fsp3) is 0.0476. The van der Waals surface area contributed by atoms with E-state index < -0.39 is 0 Å². The fourth-order valence-corrected chi connectivity index (χ4v) is 10.1. The number of rotatable bonds is 8. The molecular weight excluding hydrogens is 659 g/mol. The van der Waals surface area contributed by atoms with Gasteiger partial charge in [-0.2, -0.15) is 0 Å². The third-order valence-corrected chi connectivity index (χ3v) is 13.3. The van der Waals surface area contributed by atoms with Crippen molar-refractivity contribution in [3.63, 3.8) is 0 Å². The van der Waals surface area contributed by atoms with Crippen molar-refractivity contribution in [2.45, 2.75) is 6.04 Å². The van der Waals surface area contributed by atoms with Crippen molar-refractivity contribution in [2.75, 3.05) is 11.4 Å². The number of benzene rings is 5. The Bertz CT molecular complexity index is 2620. The second-order valence-electron chi connectivity index (χ2n) is 15.2. The Labute approximate surface area is 334 Å². The summed E-state index contributed by atoms with van der Waals surface area (Å²) in [5.41, 5.74) is 21.9. The van der Waals surface area contributed by atoms with Gasteiger partial charge in [-0.1, -0.05) is 146 Å². The number of anilines is 1. The zero-order valence-corrected chi connectivity index (χ0v) is 34.3. The monoisotopic (exact) mass is 701 g/mol. The molecule has 1 nitrogen and oxygen atoms in total. The average Bonchev–Trinajstić information content (AvgIpc) is 3.66. The first-order valence-corrected chi connectivity index (χ1v) is 19.9.